The van der Waals surface area contributed by atoms with E-state index in [9.17, 15) is 9.59 Å². The number of pyridine rings is 1. The molecule has 0 aliphatic carbocycles. The maximum absolute atomic E-state index is 13.2. The standard InChI is InChI=1S/C26H38N4O4/c1-17(2)30-23-8-6-5-7-18(23)13-22(26(30)32)25(31)28-19-14-20-9-10-21(15-19)29(20)12-11-27-16-24(33-3)34-4/h5-8,13,17,19-21,24,27H,9-12,14-16H2,1-4H3,(H,28,31)/t19-,20-,21+. The van der Waals surface area contributed by atoms with Gasteiger partial charge in [0.25, 0.3) is 11.5 Å². The van der Waals surface area contributed by atoms with Crippen LogP contribution in [0.1, 0.15) is 55.9 Å². The topological polar surface area (TPSA) is 84.8 Å². The smallest absolute Gasteiger partial charge is 0.264 e. The molecule has 2 N–H and O–H groups in total. The van der Waals surface area contributed by atoms with Gasteiger partial charge in [-0.1, -0.05) is 18.2 Å². The third-order valence-corrected chi connectivity index (χ3v) is 7.31. The van der Waals surface area contributed by atoms with Gasteiger partial charge in [-0.15, -0.1) is 0 Å². The van der Waals surface area contributed by atoms with Crippen molar-refractivity contribution in [2.75, 3.05) is 33.9 Å². The minimum absolute atomic E-state index is 0.0269. The van der Waals surface area contributed by atoms with Crippen LogP contribution >= 0.6 is 0 Å². The van der Waals surface area contributed by atoms with E-state index in [2.05, 4.69) is 15.5 Å². The zero-order chi connectivity index (χ0) is 24.2. The lowest BCUT2D eigenvalue weighted by atomic mass is 9.97. The zero-order valence-electron chi connectivity index (χ0n) is 20.8. The second kappa shape index (κ2) is 11.0. The largest absolute Gasteiger partial charge is 0.355 e. The van der Waals surface area contributed by atoms with Gasteiger partial charge in [0, 0.05) is 58.0 Å². The predicted molar refractivity (Wildman–Crippen MR) is 133 cm³/mol. The van der Waals surface area contributed by atoms with Gasteiger partial charge >= 0.3 is 0 Å². The lowest BCUT2D eigenvalue weighted by Gasteiger charge is -2.39. The summed E-state index contributed by atoms with van der Waals surface area (Å²) in [5.41, 5.74) is 0.877. The fourth-order valence-corrected chi connectivity index (χ4v) is 5.67. The molecule has 1 amide bonds. The maximum atomic E-state index is 13.2. The van der Waals surface area contributed by atoms with Gasteiger partial charge in [0.1, 0.15) is 5.56 Å². The lowest BCUT2D eigenvalue weighted by molar-refractivity contribution is -0.0988. The van der Waals surface area contributed by atoms with Crippen LogP contribution in [0.4, 0.5) is 0 Å². The van der Waals surface area contributed by atoms with Gasteiger partial charge in [-0.3, -0.25) is 14.5 Å². The number of rotatable bonds is 10. The number of benzene rings is 1. The molecule has 1 aromatic heterocycles. The van der Waals surface area contributed by atoms with E-state index in [4.69, 9.17) is 9.47 Å². The first-order valence-corrected chi connectivity index (χ1v) is 12.4. The molecule has 3 atom stereocenters. The summed E-state index contributed by atoms with van der Waals surface area (Å²) in [6, 6.07) is 10.5. The molecular formula is C26H38N4O4. The lowest BCUT2D eigenvalue weighted by Crippen LogP contribution is -2.52. The van der Waals surface area contributed by atoms with Gasteiger partial charge in [0.2, 0.25) is 0 Å². The molecule has 0 saturated carbocycles. The van der Waals surface area contributed by atoms with Crippen LogP contribution in [0.2, 0.25) is 0 Å². The van der Waals surface area contributed by atoms with Gasteiger partial charge in [-0.05, 0) is 57.0 Å². The van der Waals surface area contributed by atoms with Crippen molar-refractivity contribution in [3.63, 3.8) is 0 Å². The summed E-state index contributed by atoms with van der Waals surface area (Å²) in [6.45, 7) is 6.46. The molecule has 0 radical (unpaired) electrons. The quantitative estimate of drug-likeness (QED) is 0.410. The average molecular weight is 471 g/mol. The third kappa shape index (κ3) is 5.20. The summed E-state index contributed by atoms with van der Waals surface area (Å²) in [6.07, 6.45) is 3.94. The van der Waals surface area contributed by atoms with Gasteiger partial charge in [0.15, 0.2) is 6.29 Å². The normalized spacial score (nSPS) is 22.7. The molecular weight excluding hydrogens is 432 g/mol. The molecule has 2 fully saturated rings. The predicted octanol–water partition coefficient (Wildman–Crippen LogP) is 2.52. The number of amides is 1. The SMILES string of the molecule is COC(CNCCN1[C@@H]2CC[C@H]1C[C@H](NC(=O)c1cc3ccccc3n(C(C)C)c1=O)C2)OC. The van der Waals surface area contributed by atoms with Gasteiger partial charge in [0.05, 0.1) is 5.52 Å². The van der Waals surface area contributed by atoms with E-state index >= 15 is 0 Å². The highest BCUT2D eigenvalue weighted by Gasteiger charge is 2.40. The van der Waals surface area contributed by atoms with Gasteiger partial charge < -0.3 is 24.7 Å². The van der Waals surface area contributed by atoms with Crippen molar-refractivity contribution in [2.24, 2.45) is 0 Å². The third-order valence-electron chi connectivity index (χ3n) is 7.31. The van der Waals surface area contributed by atoms with E-state index in [-0.39, 0.29) is 35.4 Å². The number of hydrogen-bond donors (Lipinski definition) is 2. The summed E-state index contributed by atoms with van der Waals surface area (Å²) in [4.78, 5) is 29.0. The van der Waals surface area contributed by atoms with E-state index in [1.807, 2.05) is 38.1 Å². The summed E-state index contributed by atoms with van der Waals surface area (Å²) in [7, 11) is 3.29. The molecule has 0 unspecified atom stereocenters. The van der Waals surface area contributed by atoms with E-state index < -0.39 is 0 Å². The maximum Gasteiger partial charge on any atom is 0.264 e. The Bertz CT molecular complexity index is 1030. The Hall–Kier alpha value is -2.26. The van der Waals surface area contributed by atoms with Crippen LogP contribution in [-0.4, -0.2) is 73.6 Å². The highest BCUT2D eigenvalue weighted by molar-refractivity contribution is 5.97. The van der Waals surface area contributed by atoms with E-state index in [0.717, 1.165) is 49.7 Å². The fraction of sp³-hybridized carbons (Fsp3) is 0.615. The van der Waals surface area contributed by atoms with Crippen LogP contribution < -0.4 is 16.2 Å². The number of hydrogen-bond acceptors (Lipinski definition) is 6. The van der Waals surface area contributed by atoms with E-state index in [1.165, 1.54) is 0 Å². The van der Waals surface area contributed by atoms with Crippen molar-refractivity contribution in [2.45, 2.75) is 70.0 Å². The highest BCUT2D eigenvalue weighted by Crippen LogP contribution is 2.35. The van der Waals surface area contributed by atoms with Crippen molar-refractivity contribution in [3.8, 4) is 0 Å². The molecule has 2 saturated heterocycles. The van der Waals surface area contributed by atoms with E-state index in [1.54, 1.807) is 24.9 Å². The number of methoxy groups -OCH3 is 2. The van der Waals surface area contributed by atoms with Crippen molar-refractivity contribution in [1.29, 1.82) is 0 Å². The molecule has 186 valence electrons. The minimum atomic E-state index is -0.255. The number of piperidine rings is 1. The van der Waals surface area contributed by atoms with Crippen molar-refractivity contribution in [3.05, 3.63) is 46.2 Å². The minimum Gasteiger partial charge on any atom is -0.355 e. The molecule has 3 heterocycles. The second-order valence-corrected chi connectivity index (χ2v) is 9.76. The summed E-state index contributed by atoms with van der Waals surface area (Å²) in [5.74, 6) is -0.255. The summed E-state index contributed by atoms with van der Waals surface area (Å²) in [5, 5.41) is 7.51. The molecule has 0 spiro atoms. The Balaban J connectivity index is 1.39. The Morgan fingerprint density at radius 1 is 1.12 bits per heavy atom. The van der Waals surface area contributed by atoms with Crippen LogP contribution in [0.25, 0.3) is 10.9 Å². The van der Waals surface area contributed by atoms with Crippen molar-refractivity contribution < 1.29 is 14.3 Å². The molecule has 2 bridgehead atoms. The van der Waals surface area contributed by atoms with Gasteiger partial charge in [-0.2, -0.15) is 0 Å². The second-order valence-electron chi connectivity index (χ2n) is 9.76. The Morgan fingerprint density at radius 3 is 2.44 bits per heavy atom. The Morgan fingerprint density at radius 2 is 1.79 bits per heavy atom. The molecule has 4 rings (SSSR count). The first-order valence-electron chi connectivity index (χ1n) is 12.4. The average Bonchev–Trinajstić information content (AvgIpc) is 3.06. The highest BCUT2D eigenvalue weighted by atomic mass is 16.7. The van der Waals surface area contributed by atoms with E-state index in [0.29, 0.717) is 18.6 Å². The molecule has 8 heteroatoms. The van der Waals surface area contributed by atoms with Crippen molar-refractivity contribution in [1.82, 2.24) is 20.1 Å². The summed E-state index contributed by atoms with van der Waals surface area (Å²) < 4.78 is 12.2. The monoisotopic (exact) mass is 470 g/mol. The van der Waals surface area contributed by atoms with Crippen LogP contribution in [-0.2, 0) is 9.47 Å². The Labute approximate surface area is 201 Å². The first kappa shape index (κ1) is 24.9. The number of fused-ring (bicyclic) bond motifs is 3. The molecule has 8 nitrogen and oxygen atoms in total. The summed E-state index contributed by atoms with van der Waals surface area (Å²) >= 11 is 0. The van der Waals surface area contributed by atoms with Crippen LogP contribution in [0.5, 0.6) is 0 Å². The Kier molecular flexibility index (Phi) is 8.03. The van der Waals surface area contributed by atoms with Crippen LogP contribution in [0.15, 0.2) is 35.1 Å². The number of ether oxygens (including phenoxy) is 2. The number of carbonyl (C=O) groups excluding carboxylic acids is 1. The number of nitrogens with zero attached hydrogens (tertiary/aromatic N) is 2. The molecule has 34 heavy (non-hydrogen) atoms. The van der Waals surface area contributed by atoms with Gasteiger partial charge in [-0.25, -0.2) is 0 Å². The zero-order valence-corrected chi connectivity index (χ0v) is 20.8. The molecule has 2 aliphatic heterocycles. The van der Waals surface area contributed by atoms with Crippen LogP contribution in [0.3, 0.4) is 0 Å². The van der Waals surface area contributed by atoms with Crippen molar-refractivity contribution >= 4 is 16.8 Å². The first-order chi connectivity index (χ1) is 16.4. The molecule has 2 aliphatic rings. The fourth-order valence-electron chi connectivity index (χ4n) is 5.67. The molecule has 1 aromatic carbocycles. The van der Waals surface area contributed by atoms with Crippen LogP contribution in [0, 0.1) is 0 Å². The number of para-hydroxylation sites is 1. The number of carbonyl (C=O) groups is 1. The number of nitrogens with one attached hydrogen (secondary N) is 2. The molecule has 2 aromatic rings. The number of aromatic nitrogens is 1.